The van der Waals surface area contributed by atoms with Gasteiger partial charge in [-0.05, 0) is 73.5 Å². The van der Waals surface area contributed by atoms with E-state index in [9.17, 15) is 0 Å². The molecule has 1 aliphatic heterocycles. The van der Waals surface area contributed by atoms with E-state index in [4.69, 9.17) is 15.0 Å². The molecule has 0 N–H and O–H groups in total. The Morgan fingerprint density at radius 1 is 0.475 bits per heavy atom. The number of hydrogen-bond donors (Lipinski definition) is 0. The molecule has 6 aromatic rings. The number of nitrogens with zero attached hydrogens (tertiary/aromatic N) is 4. The molecule has 192 valence electrons. The first-order valence-corrected chi connectivity index (χ1v) is 14.1. The fourth-order valence-corrected chi connectivity index (χ4v) is 6.25. The molecule has 0 radical (unpaired) electrons. The highest BCUT2D eigenvalue weighted by Crippen LogP contribution is 2.51. The topological polar surface area (TPSA) is 41.9 Å². The molecule has 0 saturated carbocycles. The summed E-state index contributed by atoms with van der Waals surface area (Å²) in [6.45, 7) is 4.29. The highest BCUT2D eigenvalue weighted by Gasteiger charge is 2.25. The van der Waals surface area contributed by atoms with Gasteiger partial charge in [-0.1, -0.05) is 84.6 Å². The molecule has 4 nitrogen and oxygen atoms in total. The van der Waals surface area contributed by atoms with Gasteiger partial charge >= 0.3 is 0 Å². The van der Waals surface area contributed by atoms with Crippen LogP contribution >= 0.6 is 11.8 Å². The molecule has 0 unspecified atom stereocenters. The van der Waals surface area contributed by atoms with Crippen molar-refractivity contribution in [2.75, 3.05) is 4.90 Å². The van der Waals surface area contributed by atoms with E-state index in [0.29, 0.717) is 17.5 Å². The maximum atomic E-state index is 4.89. The molecule has 40 heavy (non-hydrogen) atoms. The van der Waals surface area contributed by atoms with Crippen molar-refractivity contribution in [1.29, 1.82) is 0 Å². The monoisotopic (exact) mass is 534 g/mol. The van der Waals surface area contributed by atoms with Crippen LogP contribution in [0.3, 0.4) is 0 Å². The summed E-state index contributed by atoms with van der Waals surface area (Å²) in [6.07, 6.45) is 0. The van der Waals surface area contributed by atoms with Crippen molar-refractivity contribution in [2.24, 2.45) is 0 Å². The van der Waals surface area contributed by atoms with Crippen LogP contribution in [0.15, 0.2) is 131 Å². The van der Waals surface area contributed by atoms with Gasteiger partial charge in [-0.25, -0.2) is 15.0 Å². The summed E-state index contributed by atoms with van der Waals surface area (Å²) in [5.41, 5.74) is 8.87. The van der Waals surface area contributed by atoms with Crippen molar-refractivity contribution in [3.8, 4) is 34.2 Å². The molecule has 0 fully saturated rings. The quantitative estimate of drug-likeness (QED) is 0.225. The zero-order chi connectivity index (χ0) is 27.1. The highest BCUT2D eigenvalue weighted by molar-refractivity contribution is 7.99. The summed E-state index contributed by atoms with van der Waals surface area (Å²) in [5.74, 6) is 1.98. The van der Waals surface area contributed by atoms with E-state index in [-0.39, 0.29) is 0 Å². The van der Waals surface area contributed by atoms with Gasteiger partial charge in [-0.2, -0.15) is 0 Å². The minimum Gasteiger partial charge on any atom is -0.308 e. The van der Waals surface area contributed by atoms with Crippen molar-refractivity contribution >= 4 is 28.8 Å². The molecule has 0 aliphatic carbocycles. The fourth-order valence-electron chi connectivity index (χ4n) is 5.00. The molecule has 7 rings (SSSR count). The summed E-state index contributed by atoms with van der Waals surface area (Å²) >= 11 is 1.84. The van der Waals surface area contributed by atoms with Crippen molar-refractivity contribution in [3.63, 3.8) is 0 Å². The van der Waals surface area contributed by atoms with Crippen LogP contribution in [0.1, 0.15) is 11.1 Å². The Bertz CT molecular complexity index is 1730. The van der Waals surface area contributed by atoms with Crippen molar-refractivity contribution in [2.45, 2.75) is 23.6 Å². The third-order valence-electron chi connectivity index (χ3n) is 7.02. The highest BCUT2D eigenvalue weighted by atomic mass is 32.2. The van der Waals surface area contributed by atoms with Gasteiger partial charge in [0.05, 0.1) is 11.4 Å². The van der Waals surface area contributed by atoms with Gasteiger partial charge in [0.15, 0.2) is 17.5 Å². The SMILES string of the molecule is Cc1ccc2c(c1)Sc1cc(C)ccc1N2c1ccc(-c2nc(-c3ccccc3)nc(-c3ccccc3)n2)cc1. The zero-order valence-corrected chi connectivity index (χ0v) is 23.1. The predicted octanol–water partition coefficient (Wildman–Crippen LogP) is 9.42. The van der Waals surface area contributed by atoms with E-state index >= 15 is 0 Å². The van der Waals surface area contributed by atoms with Gasteiger partial charge in [0.25, 0.3) is 0 Å². The van der Waals surface area contributed by atoms with Gasteiger partial charge in [0.1, 0.15) is 0 Å². The van der Waals surface area contributed by atoms with E-state index in [1.807, 2.05) is 72.4 Å². The molecule has 0 spiro atoms. The summed E-state index contributed by atoms with van der Waals surface area (Å²) in [4.78, 5) is 19.5. The van der Waals surface area contributed by atoms with E-state index in [2.05, 4.69) is 79.4 Å². The summed E-state index contributed by atoms with van der Waals surface area (Å²) in [7, 11) is 0. The second kappa shape index (κ2) is 10.1. The average molecular weight is 535 g/mol. The third-order valence-corrected chi connectivity index (χ3v) is 8.11. The summed E-state index contributed by atoms with van der Waals surface area (Å²) in [5, 5.41) is 0. The Hall–Kier alpha value is -4.74. The number of anilines is 3. The molecule has 0 atom stereocenters. The van der Waals surface area contributed by atoms with Gasteiger partial charge in [-0.3, -0.25) is 0 Å². The smallest absolute Gasteiger partial charge is 0.164 e. The van der Waals surface area contributed by atoms with Crippen LogP contribution in [0.4, 0.5) is 17.1 Å². The standard InChI is InChI=1S/C35H26N4S/c1-23-13-19-29-31(21-23)40-32-22-24(2)14-20-30(32)39(29)28-17-15-27(16-18-28)35-37-33(25-9-5-3-6-10-25)36-34(38-35)26-11-7-4-8-12-26/h3-22H,1-2H3. The Morgan fingerprint density at radius 3 is 1.35 bits per heavy atom. The fraction of sp³-hybridized carbons (Fsp3) is 0.0571. The summed E-state index contributed by atoms with van der Waals surface area (Å²) < 4.78 is 0. The molecule has 0 amide bonds. The van der Waals surface area contributed by atoms with Gasteiger partial charge in [0.2, 0.25) is 0 Å². The maximum Gasteiger partial charge on any atom is 0.164 e. The van der Waals surface area contributed by atoms with Crippen molar-refractivity contribution < 1.29 is 0 Å². The number of benzene rings is 5. The average Bonchev–Trinajstić information content (AvgIpc) is 3.00. The number of aromatic nitrogens is 3. The minimum atomic E-state index is 0.653. The van der Waals surface area contributed by atoms with Crippen molar-refractivity contribution in [3.05, 3.63) is 132 Å². The lowest BCUT2D eigenvalue weighted by Crippen LogP contribution is -2.15. The molecule has 5 heteroatoms. The first-order valence-electron chi connectivity index (χ1n) is 13.3. The van der Waals surface area contributed by atoms with Crippen LogP contribution in [0.25, 0.3) is 34.2 Å². The molecule has 2 heterocycles. The zero-order valence-electron chi connectivity index (χ0n) is 22.2. The van der Waals surface area contributed by atoms with E-state index < -0.39 is 0 Å². The van der Waals surface area contributed by atoms with E-state index in [1.165, 1.54) is 32.3 Å². The van der Waals surface area contributed by atoms with Crippen LogP contribution < -0.4 is 4.90 Å². The molecule has 1 aliphatic rings. The molecule has 0 saturated heterocycles. The normalized spacial score (nSPS) is 12.1. The molecule has 5 aromatic carbocycles. The molecular formula is C35H26N4S. The van der Waals surface area contributed by atoms with Crippen LogP contribution in [-0.4, -0.2) is 15.0 Å². The largest absolute Gasteiger partial charge is 0.308 e. The lowest BCUT2D eigenvalue weighted by atomic mass is 10.1. The van der Waals surface area contributed by atoms with Crippen LogP contribution in [0.5, 0.6) is 0 Å². The van der Waals surface area contributed by atoms with Gasteiger partial charge in [-0.15, -0.1) is 0 Å². The Balaban J connectivity index is 1.33. The van der Waals surface area contributed by atoms with Crippen LogP contribution in [0.2, 0.25) is 0 Å². The van der Waals surface area contributed by atoms with Gasteiger partial charge < -0.3 is 4.90 Å². The second-order valence-corrected chi connectivity index (χ2v) is 11.0. The predicted molar refractivity (Wildman–Crippen MR) is 164 cm³/mol. The molecule has 1 aromatic heterocycles. The lowest BCUT2D eigenvalue weighted by molar-refractivity contribution is 1.07. The van der Waals surface area contributed by atoms with E-state index in [1.54, 1.807) is 0 Å². The number of aryl methyl sites for hydroxylation is 2. The Kier molecular flexibility index (Phi) is 6.14. The maximum absolute atomic E-state index is 4.89. The minimum absolute atomic E-state index is 0.653. The second-order valence-electron chi connectivity index (χ2n) is 9.96. The first kappa shape index (κ1) is 24.3. The number of hydrogen-bond acceptors (Lipinski definition) is 5. The molecular weight excluding hydrogens is 508 g/mol. The number of fused-ring (bicyclic) bond motifs is 2. The van der Waals surface area contributed by atoms with Crippen LogP contribution in [0, 0.1) is 13.8 Å². The van der Waals surface area contributed by atoms with Crippen LogP contribution in [-0.2, 0) is 0 Å². The number of rotatable bonds is 4. The Morgan fingerprint density at radius 2 is 0.900 bits per heavy atom. The first-order chi connectivity index (χ1) is 19.6. The van der Waals surface area contributed by atoms with E-state index in [0.717, 1.165) is 22.4 Å². The Labute approximate surface area is 238 Å². The molecule has 0 bridgehead atoms. The summed E-state index contributed by atoms with van der Waals surface area (Å²) in [6, 6.07) is 42.0. The lowest BCUT2D eigenvalue weighted by Gasteiger charge is -2.33. The van der Waals surface area contributed by atoms with Crippen molar-refractivity contribution in [1.82, 2.24) is 15.0 Å². The van der Waals surface area contributed by atoms with Gasteiger partial charge in [0, 0.05) is 32.2 Å². The third kappa shape index (κ3) is 4.55.